The van der Waals surface area contributed by atoms with Crippen molar-refractivity contribution in [3.05, 3.63) is 24.3 Å². The molecule has 3 rings (SSSR count). The maximum atomic E-state index is 12.1. The Morgan fingerprint density at radius 3 is 2.67 bits per heavy atom. The molecule has 12 heteroatoms. The number of hydrogen-bond donors (Lipinski definition) is 6. The highest BCUT2D eigenvalue weighted by molar-refractivity contribution is 6.74. The number of benzene rings is 1. The molecule has 1 aromatic rings. The molecule has 2 amide bonds. The van der Waals surface area contributed by atoms with Crippen molar-refractivity contribution in [2.24, 2.45) is 11.7 Å². The van der Waals surface area contributed by atoms with E-state index >= 15 is 0 Å². The van der Waals surface area contributed by atoms with Crippen LogP contribution in [0.5, 0.6) is 0 Å². The monoisotopic (exact) mass is 425 g/mol. The molecule has 2 aliphatic heterocycles. The van der Waals surface area contributed by atoms with E-state index < -0.39 is 55.9 Å². The second kappa shape index (κ2) is 8.98. The molecule has 7 N–H and O–H groups in total. The number of amides is 2. The molecule has 2 heterocycles. The largest absolute Gasteiger partial charge is 0.555 e. The maximum Gasteiger partial charge on any atom is 0.409 e. The van der Waals surface area contributed by atoms with E-state index in [0.717, 1.165) is 0 Å². The molecule has 30 heavy (non-hydrogen) atoms. The number of nitrogens with two attached hydrogens (primary N) is 1. The zero-order valence-corrected chi connectivity index (χ0v) is 16.4. The standard InChI is InChI=1S/C18H26BN2O9/c1-9(17(20)26)5-6-13(23)21-11-4-2-3-10(7-11)19(27)29-16-15(25)14(24)12(8-22)28-18(16)30-19/h2-4,7,9,12,14-16,18,22,24-25,27H,5-6,8H2,1H3,(H2,20,26)(H,21,23)/q-1/t9?,12-,14-,15+,16-,18-,19?/m1/s1. The molecular formula is C18H26BN2O9-. The summed E-state index contributed by atoms with van der Waals surface area (Å²) in [5.74, 6) is -1.25. The van der Waals surface area contributed by atoms with Gasteiger partial charge in [-0.15, -0.1) is 5.46 Å². The van der Waals surface area contributed by atoms with E-state index in [4.69, 9.17) is 19.8 Å². The van der Waals surface area contributed by atoms with Crippen LogP contribution in [-0.2, 0) is 23.6 Å². The highest BCUT2D eigenvalue weighted by Crippen LogP contribution is 2.33. The highest BCUT2D eigenvalue weighted by Gasteiger charge is 2.53. The number of hydrogen-bond acceptors (Lipinski definition) is 9. The summed E-state index contributed by atoms with van der Waals surface area (Å²) in [6, 6.07) is 6.11. The lowest BCUT2D eigenvalue weighted by atomic mass is 9.70. The molecule has 2 saturated heterocycles. The molecular weight excluding hydrogens is 399 g/mol. The molecule has 2 fully saturated rings. The summed E-state index contributed by atoms with van der Waals surface area (Å²) in [7, 11) is 0. The number of anilines is 1. The van der Waals surface area contributed by atoms with Gasteiger partial charge in [0.25, 0.3) is 0 Å². The minimum Gasteiger partial charge on any atom is -0.555 e. The molecule has 7 atom stereocenters. The summed E-state index contributed by atoms with van der Waals surface area (Å²) in [5.41, 5.74) is 5.72. The molecule has 2 aliphatic rings. The van der Waals surface area contributed by atoms with Crippen LogP contribution in [0.3, 0.4) is 0 Å². The van der Waals surface area contributed by atoms with Gasteiger partial charge >= 0.3 is 6.75 Å². The summed E-state index contributed by atoms with van der Waals surface area (Å²) in [4.78, 5) is 23.2. The lowest BCUT2D eigenvalue weighted by molar-refractivity contribution is -0.250. The average Bonchev–Trinajstić information content (AvgIpc) is 3.07. The number of aliphatic hydroxyl groups excluding tert-OH is 3. The Balaban J connectivity index is 1.68. The fourth-order valence-electron chi connectivity index (χ4n) is 3.45. The van der Waals surface area contributed by atoms with Gasteiger partial charge in [0.15, 0.2) is 0 Å². The minimum atomic E-state index is -3.08. The van der Waals surface area contributed by atoms with E-state index in [9.17, 15) is 29.9 Å². The van der Waals surface area contributed by atoms with Crippen molar-refractivity contribution in [3.8, 4) is 0 Å². The van der Waals surface area contributed by atoms with Gasteiger partial charge in [-0.05, 0) is 12.5 Å². The third-order valence-electron chi connectivity index (χ3n) is 5.37. The van der Waals surface area contributed by atoms with Crippen molar-refractivity contribution < 1.29 is 44.0 Å². The Bertz CT molecular complexity index is 797. The molecule has 0 spiro atoms. The SMILES string of the molecule is CC(CCC(=O)Nc1cccc([B-]2(O)O[C@H]3O[C@H](CO)[C@@H](O)[C@H](O)[C@H]3O2)c1)C(N)=O. The van der Waals surface area contributed by atoms with Gasteiger partial charge < -0.3 is 45.4 Å². The summed E-state index contributed by atoms with van der Waals surface area (Å²) >= 11 is 0. The first-order valence-electron chi connectivity index (χ1n) is 9.68. The number of ether oxygens (including phenoxy) is 1. The van der Waals surface area contributed by atoms with Crippen LogP contribution in [0.25, 0.3) is 0 Å². The maximum absolute atomic E-state index is 12.1. The Morgan fingerprint density at radius 2 is 2.00 bits per heavy atom. The molecule has 0 aromatic heterocycles. The van der Waals surface area contributed by atoms with Gasteiger partial charge in [0, 0.05) is 18.0 Å². The van der Waals surface area contributed by atoms with Crippen LogP contribution in [0.15, 0.2) is 24.3 Å². The second-order valence-corrected chi connectivity index (χ2v) is 7.63. The quantitative estimate of drug-likeness (QED) is 0.258. The van der Waals surface area contributed by atoms with Crippen molar-refractivity contribution in [1.29, 1.82) is 0 Å². The molecule has 11 nitrogen and oxygen atoms in total. The van der Waals surface area contributed by atoms with E-state index in [-0.39, 0.29) is 17.8 Å². The van der Waals surface area contributed by atoms with Crippen LogP contribution in [0.1, 0.15) is 19.8 Å². The molecule has 0 bridgehead atoms. The third kappa shape index (κ3) is 4.65. The Kier molecular flexibility index (Phi) is 6.77. The predicted octanol–water partition coefficient (Wildman–Crippen LogP) is -2.48. The van der Waals surface area contributed by atoms with Crippen LogP contribution < -0.4 is 16.5 Å². The van der Waals surface area contributed by atoms with Crippen molar-refractivity contribution in [2.75, 3.05) is 11.9 Å². The first kappa shape index (κ1) is 22.6. The number of fused-ring (bicyclic) bond motifs is 1. The third-order valence-corrected chi connectivity index (χ3v) is 5.37. The molecule has 0 aliphatic carbocycles. The lowest BCUT2D eigenvalue weighted by Crippen LogP contribution is -2.57. The smallest absolute Gasteiger partial charge is 0.409 e. The number of carbonyl (C=O) groups is 2. The summed E-state index contributed by atoms with van der Waals surface area (Å²) in [6.07, 6.45) is -5.91. The number of rotatable bonds is 7. The molecule has 0 saturated carbocycles. The number of primary amides is 1. The van der Waals surface area contributed by atoms with Gasteiger partial charge in [-0.25, -0.2) is 0 Å². The normalized spacial score (nSPS) is 34.2. The van der Waals surface area contributed by atoms with Crippen molar-refractivity contribution >= 4 is 29.7 Å². The zero-order valence-electron chi connectivity index (χ0n) is 16.4. The van der Waals surface area contributed by atoms with Gasteiger partial charge in [-0.2, -0.15) is 0 Å². The van der Waals surface area contributed by atoms with E-state index in [1.54, 1.807) is 19.1 Å². The fourth-order valence-corrected chi connectivity index (χ4v) is 3.45. The summed E-state index contributed by atoms with van der Waals surface area (Å²) < 4.78 is 16.3. The highest BCUT2D eigenvalue weighted by atomic mass is 16.8. The Morgan fingerprint density at radius 1 is 1.27 bits per heavy atom. The van der Waals surface area contributed by atoms with E-state index in [1.807, 2.05) is 0 Å². The Labute approximate surface area is 172 Å². The topological polar surface area (TPSA) is 181 Å². The van der Waals surface area contributed by atoms with E-state index in [2.05, 4.69) is 5.32 Å². The minimum absolute atomic E-state index is 0.0847. The Hall–Kier alpha value is -2.06. The van der Waals surface area contributed by atoms with Crippen molar-refractivity contribution in [3.63, 3.8) is 0 Å². The van der Waals surface area contributed by atoms with Gasteiger partial charge in [-0.3, -0.25) is 9.59 Å². The molecule has 0 radical (unpaired) electrons. The predicted molar refractivity (Wildman–Crippen MR) is 104 cm³/mol. The first-order chi connectivity index (χ1) is 14.1. The van der Waals surface area contributed by atoms with Crippen LogP contribution in [0.2, 0.25) is 0 Å². The fraction of sp³-hybridized carbons (Fsp3) is 0.556. The zero-order chi connectivity index (χ0) is 22.1. The summed E-state index contributed by atoms with van der Waals surface area (Å²) in [6.45, 7) is -1.99. The van der Waals surface area contributed by atoms with Crippen LogP contribution in [0.4, 0.5) is 5.69 Å². The van der Waals surface area contributed by atoms with E-state index in [0.29, 0.717) is 12.1 Å². The van der Waals surface area contributed by atoms with Crippen molar-refractivity contribution in [1.82, 2.24) is 0 Å². The van der Waals surface area contributed by atoms with Gasteiger partial charge in [0.05, 0.1) is 12.7 Å². The number of nitrogens with one attached hydrogen (secondary N) is 1. The second-order valence-electron chi connectivity index (χ2n) is 7.63. The first-order valence-corrected chi connectivity index (χ1v) is 9.68. The lowest BCUT2D eigenvalue weighted by Gasteiger charge is -2.39. The van der Waals surface area contributed by atoms with Gasteiger partial charge in [-0.1, -0.05) is 25.1 Å². The number of carbonyl (C=O) groups excluding carboxylic acids is 2. The molecule has 1 aromatic carbocycles. The van der Waals surface area contributed by atoms with Gasteiger partial charge in [0.2, 0.25) is 11.8 Å². The van der Waals surface area contributed by atoms with E-state index in [1.165, 1.54) is 12.1 Å². The van der Waals surface area contributed by atoms with Crippen LogP contribution in [-0.4, -0.2) is 76.2 Å². The van der Waals surface area contributed by atoms with Crippen LogP contribution in [0, 0.1) is 5.92 Å². The molecule has 2 unspecified atom stereocenters. The van der Waals surface area contributed by atoms with Gasteiger partial charge in [0.1, 0.15) is 24.6 Å². The van der Waals surface area contributed by atoms with Crippen LogP contribution >= 0.6 is 0 Å². The summed E-state index contributed by atoms with van der Waals surface area (Å²) in [5, 5.41) is 43.0. The molecule has 166 valence electrons. The number of aliphatic hydroxyl groups is 3. The van der Waals surface area contributed by atoms with Crippen molar-refractivity contribution in [2.45, 2.75) is 50.5 Å². The average molecular weight is 425 g/mol.